The van der Waals surface area contributed by atoms with Gasteiger partial charge in [0.1, 0.15) is 0 Å². The van der Waals surface area contributed by atoms with Crippen molar-refractivity contribution in [3.63, 3.8) is 0 Å². The highest BCUT2D eigenvalue weighted by Gasteiger charge is 1.95. The molecule has 0 aromatic heterocycles. The predicted molar refractivity (Wildman–Crippen MR) is 49.0 cm³/mol. The number of hydrogen-bond donors (Lipinski definition) is 1. The molecule has 0 aliphatic heterocycles. The van der Waals surface area contributed by atoms with E-state index < -0.39 is 0 Å². The lowest BCUT2D eigenvalue weighted by Gasteiger charge is -2.01. The Bertz CT molecular complexity index is 202. The van der Waals surface area contributed by atoms with E-state index in [1.54, 1.807) is 7.05 Å². The van der Waals surface area contributed by atoms with Crippen LogP contribution in [-0.4, -0.2) is 24.5 Å². The molecular weight excluding hydrogens is 138 g/mol. The molecular formula is C9H15NO. The molecule has 2 heteroatoms. The van der Waals surface area contributed by atoms with Crippen LogP contribution >= 0.6 is 0 Å². The largest absolute Gasteiger partial charge is 0.392 e. The maximum Gasteiger partial charge on any atom is 0.0684 e. The third-order valence-electron chi connectivity index (χ3n) is 1.45. The molecule has 0 spiro atoms. The van der Waals surface area contributed by atoms with E-state index in [4.69, 9.17) is 5.11 Å². The summed E-state index contributed by atoms with van der Waals surface area (Å²) in [4.78, 5) is 3.95. The summed E-state index contributed by atoms with van der Waals surface area (Å²) in [5.41, 5.74) is 2.63. The molecule has 0 saturated carbocycles. The van der Waals surface area contributed by atoms with Crippen LogP contribution in [0.5, 0.6) is 0 Å². The van der Waals surface area contributed by atoms with Crippen LogP contribution < -0.4 is 0 Å². The molecule has 0 saturated heterocycles. The normalized spacial score (nSPS) is 13.5. The highest BCUT2D eigenvalue weighted by atomic mass is 16.3. The zero-order valence-electron chi connectivity index (χ0n) is 7.39. The van der Waals surface area contributed by atoms with E-state index in [0.29, 0.717) is 0 Å². The van der Waals surface area contributed by atoms with Crippen molar-refractivity contribution in [2.45, 2.75) is 13.8 Å². The highest BCUT2D eigenvalue weighted by molar-refractivity contribution is 5.93. The number of allylic oxidation sites excluding steroid dienone is 1. The standard InChI is InChI=1S/C9H15NO/c1-7(2)9(6-11)5-8(3)10-4/h5,11H,1,6H2,2-4H3/b9-5-,10-8-. The van der Waals surface area contributed by atoms with E-state index in [2.05, 4.69) is 11.6 Å². The van der Waals surface area contributed by atoms with Gasteiger partial charge in [0, 0.05) is 12.8 Å². The first-order valence-electron chi connectivity index (χ1n) is 3.52. The summed E-state index contributed by atoms with van der Waals surface area (Å²) in [7, 11) is 1.72. The number of aliphatic hydroxyl groups is 1. The van der Waals surface area contributed by atoms with Gasteiger partial charge < -0.3 is 5.11 Å². The van der Waals surface area contributed by atoms with E-state index in [1.807, 2.05) is 19.9 Å². The van der Waals surface area contributed by atoms with E-state index in [0.717, 1.165) is 16.9 Å². The quantitative estimate of drug-likeness (QED) is 0.484. The second-order valence-corrected chi connectivity index (χ2v) is 2.47. The molecule has 1 N–H and O–H groups in total. The Hall–Kier alpha value is -0.890. The van der Waals surface area contributed by atoms with Crippen LogP contribution in [0.3, 0.4) is 0 Å². The minimum Gasteiger partial charge on any atom is -0.392 e. The lowest BCUT2D eigenvalue weighted by atomic mass is 10.1. The fraction of sp³-hybridized carbons (Fsp3) is 0.444. The lowest BCUT2D eigenvalue weighted by molar-refractivity contribution is 0.333. The second-order valence-electron chi connectivity index (χ2n) is 2.47. The van der Waals surface area contributed by atoms with Gasteiger partial charge in [-0.2, -0.15) is 0 Å². The van der Waals surface area contributed by atoms with Crippen LogP contribution in [0.2, 0.25) is 0 Å². The monoisotopic (exact) mass is 153 g/mol. The van der Waals surface area contributed by atoms with Gasteiger partial charge in [-0.05, 0) is 25.5 Å². The van der Waals surface area contributed by atoms with E-state index in [9.17, 15) is 0 Å². The highest BCUT2D eigenvalue weighted by Crippen LogP contribution is 2.05. The van der Waals surface area contributed by atoms with Crippen molar-refractivity contribution in [2.24, 2.45) is 4.99 Å². The molecule has 0 aliphatic rings. The second kappa shape index (κ2) is 4.85. The van der Waals surface area contributed by atoms with E-state index in [-0.39, 0.29) is 6.61 Å². The molecule has 0 rings (SSSR count). The maximum atomic E-state index is 8.86. The Balaban J connectivity index is 4.49. The molecule has 0 amide bonds. The number of hydrogen-bond acceptors (Lipinski definition) is 2. The molecule has 0 bridgehead atoms. The fourth-order valence-corrected chi connectivity index (χ4v) is 0.621. The molecule has 0 aromatic rings. The van der Waals surface area contributed by atoms with E-state index in [1.165, 1.54) is 0 Å². The van der Waals surface area contributed by atoms with Gasteiger partial charge in [-0.1, -0.05) is 12.2 Å². The van der Waals surface area contributed by atoms with Crippen molar-refractivity contribution >= 4 is 5.71 Å². The number of aliphatic imine (C=N–C) groups is 1. The van der Waals surface area contributed by atoms with Crippen LogP contribution in [-0.2, 0) is 0 Å². The fourth-order valence-electron chi connectivity index (χ4n) is 0.621. The van der Waals surface area contributed by atoms with Gasteiger partial charge in [0.2, 0.25) is 0 Å². The number of nitrogens with zero attached hydrogens (tertiary/aromatic N) is 1. The zero-order chi connectivity index (χ0) is 8.85. The van der Waals surface area contributed by atoms with Gasteiger partial charge in [-0.15, -0.1) is 0 Å². The van der Waals surface area contributed by atoms with Gasteiger partial charge in [-0.3, -0.25) is 4.99 Å². The Morgan fingerprint density at radius 2 is 2.09 bits per heavy atom. The molecule has 0 aromatic carbocycles. The van der Waals surface area contributed by atoms with Crippen LogP contribution in [0.15, 0.2) is 28.8 Å². The number of rotatable bonds is 3. The summed E-state index contributed by atoms with van der Waals surface area (Å²) in [6, 6.07) is 0. The molecule has 0 aliphatic carbocycles. The van der Waals surface area contributed by atoms with Crippen molar-refractivity contribution < 1.29 is 5.11 Å². The van der Waals surface area contributed by atoms with Gasteiger partial charge >= 0.3 is 0 Å². The van der Waals surface area contributed by atoms with Crippen LogP contribution in [0.4, 0.5) is 0 Å². The molecule has 2 nitrogen and oxygen atoms in total. The van der Waals surface area contributed by atoms with Crippen molar-refractivity contribution in [3.05, 3.63) is 23.8 Å². The molecule has 0 radical (unpaired) electrons. The summed E-state index contributed by atoms with van der Waals surface area (Å²) >= 11 is 0. The molecule has 0 unspecified atom stereocenters. The molecule has 62 valence electrons. The average Bonchev–Trinajstić information content (AvgIpc) is 1.99. The minimum atomic E-state index is 0.0300. The van der Waals surface area contributed by atoms with E-state index >= 15 is 0 Å². The van der Waals surface area contributed by atoms with Gasteiger partial charge in [-0.25, -0.2) is 0 Å². The third kappa shape index (κ3) is 3.73. The van der Waals surface area contributed by atoms with Gasteiger partial charge in [0.25, 0.3) is 0 Å². The van der Waals surface area contributed by atoms with Crippen molar-refractivity contribution in [1.82, 2.24) is 0 Å². The van der Waals surface area contributed by atoms with Crippen molar-refractivity contribution in [3.8, 4) is 0 Å². The predicted octanol–water partition coefficient (Wildman–Crippen LogP) is 1.57. The Morgan fingerprint density at radius 1 is 1.55 bits per heavy atom. The maximum absolute atomic E-state index is 8.86. The first-order valence-corrected chi connectivity index (χ1v) is 3.52. The average molecular weight is 153 g/mol. The summed E-state index contributed by atoms with van der Waals surface area (Å²) in [5, 5.41) is 8.86. The summed E-state index contributed by atoms with van der Waals surface area (Å²) in [6.07, 6.45) is 1.84. The summed E-state index contributed by atoms with van der Waals surface area (Å²) in [5.74, 6) is 0. The lowest BCUT2D eigenvalue weighted by Crippen LogP contribution is -1.95. The molecule has 11 heavy (non-hydrogen) atoms. The third-order valence-corrected chi connectivity index (χ3v) is 1.45. The number of aliphatic hydroxyl groups excluding tert-OH is 1. The zero-order valence-corrected chi connectivity index (χ0v) is 7.39. The SMILES string of the molecule is C=C(C)/C(=C\C(C)=N/C)CO. The van der Waals surface area contributed by atoms with Gasteiger partial charge in [0.05, 0.1) is 6.61 Å². The molecule has 0 atom stereocenters. The van der Waals surface area contributed by atoms with Crippen LogP contribution in [0, 0.1) is 0 Å². The molecule has 0 heterocycles. The Labute approximate surface area is 68.0 Å². The molecule has 0 fully saturated rings. The van der Waals surface area contributed by atoms with Crippen LogP contribution in [0.1, 0.15) is 13.8 Å². The van der Waals surface area contributed by atoms with Crippen molar-refractivity contribution in [2.75, 3.05) is 13.7 Å². The van der Waals surface area contributed by atoms with Gasteiger partial charge in [0.15, 0.2) is 0 Å². The first kappa shape index (κ1) is 10.1. The van der Waals surface area contributed by atoms with Crippen LogP contribution in [0.25, 0.3) is 0 Å². The minimum absolute atomic E-state index is 0.0300. The topological polar surface area (TPSA) is 32.6 Å². The smallest absolute Gasteiger partial charge is 0.0684 e. The Morgan fingerprint density at radius 3 is 2.36 bits per heavy atom. The van der Waals surface area contributed by atoms with Crippen molar-refractivity contribution in [1.29, 1.82) is 0 Å². The summed E-state index contributed by atoms with van der Waals surface area (Å²) < 4.78 is 0. The first-order chi connectivity index (χ1) is 5.11. The summed E-state index contributed by atoms with van der Waals surface area (Å²) in [6.45, 7) is 7.51. The Kier molecular flexibility index (Phi) is 4.46.